The molecule has 0 bridgehead atoms. The third-order valence-corrected chi connectivity index (χ3v) is 2.26. The summed E-state index contributed by atoms with van der Waals surface area (Å²) in [5.74, 6) is 0. The number of hydrogen-bond donors (Lipinski definition) is 0. The van der Waals surface area contributed by atoms with E-state index in [1.165, 1.54) is 6.20 Å². The van der Waals surface area contributed by atoms with Crippen LogP contribution < -0.4 is 56.3 Å². The molecular formula is C10H12KN2O3-. The fourth-order valence-electron chi connectivity index (χ4n) is 1.55. The Morgan fingerprint density at radius 3 is 2.69 bits per heavy atom. The van der Waals surface area contributed by atoms with Gasteiger partial charge < -0.3 is 24.9 Å². The van der Waals surface area contributed by atoms with Gasteiger partial charge in [0.15, 0.2) is 0 Å². The van der Waals surface area contributed by atoms with Crippen LogP contribution in [0, 0.1) is 0 Å². The van der Waals surface area contributed by atoms with Crippen molar-refractivity contribution in [1.82, 2.24) is 4.98 Å². The predicted molar refractivity (Wildman–Crippen MR) is 54.0 cm³/mol. The van der Waals surface area contributed by atoms with Gasteiger partial charge in [-0.2, -0.15) is 0 Å². The molecule has 0 aliphatic carbocycles. The van der Waals surface area contributed by atoms with Crippen molar-refractivity contribution >= 4 is 12.0 Å². The second-order valence-corrected chi connectivity index (χ2v) is 3.09. The molecule has 1 aromatic rings. The number of ether oxygens (including phenoxy) is 1. The van der Waals surface area contributed by atoms with Crippen LogP contribution in [0.15, 0.2) is 18.5 Å². The number of hydrogen-bond acceptors (Lipinski definition) is 5. The number of anilines is 1. The van der Waals surface area contributed by atoms with Gasteiger partial charge in [-0.15, -0.1) is 5.56 Å². The van der Waals surface area contributed by atoms with Gasteiger partial charge in [-0.05, 0) is 0 Å². The number of pyridine rings is 1. The standard InChI is InChI=1S/C10H11N2O2.K.H2O/c13-8-9-7-11-2-1-10(9)12-3-5-14-6-4-12;;/h1-2,7H,3-6H2;;1H2/q-1;+1;/p-1. The van der Waals surface area contributed by atoms with E-state index in [2.05, 4.69) is 9.88 Å². The van der Waals surface area contributed by atoms with E-state index >= 15 is 0 Å². The second-order valence-electron chi connectivity index (χ2n) is 3.09. The number of morpholine rings is 1. The van der Waals surface area contributed by atoms with Crippen molar-refractivity contribution in [1.29, 1.82) is 0 Å². The summed E-state index contributed by atoms with van der Waals surface area (Å²) in [6.45, 7) is 3.05. The van der Waals surface area contributed by atoms with Crippen LogP contribution in [0.3, 0.4) is 0 Å². The van der Waals surface area contributed by atoms with Gasteiger partial charge in [-0.25, -0.2) is 0 Å². The van der Waals surface area contributed by atoms with Crippen molar-refractivity contribution in [3.8, 4) is 0 Å². The maximum atomic E-state index is 10.6. The molecule has 1 aliphatic rings. The maximum Gasteiger partial charge on any atom is 1.00 e. The zero-order chi connectivity index (χ0) is 9.80. The van der Waals surface area contributed by atoms with E-state index in [1.807, 2.05) is 12.4 Å². The molecular weight excluding hydrogens is 235 g/mol. The van der Waals surface area contributed by atoms with Gasteiger partial charge in [0.05, 0.1) is 19.5 Å². The van der Waals surface area contributed by atoms with Crippen LogP contribution in [0.25, 0.3) is 0 Å². The number of aromatic nitrogens is 1. The minimum absolute atomic E-state index is 0. The Morgan fingerprint density at radius 1 is 1.38 bits per heavy atom. The predicted octanol–water partition coefficient (Wildman–Crippen LogP) is -2.80. The molecule has 0 atom stereocenters. The van der Waals surface area contributed by atoms with Crippen LogP contribution in [-0.2, 0) is 9.53 Å². The zero-order valence-corrected chi connectivity index (χ0v) is 12.3. The molecule has 16 heavy (non-hydrogen) atoms. The first-order valence-corrected chi connectivity index (χ1v) is 4.56. The van der Waals surface area contributed by atoms with E-state index in [9.17, 15) is 4.79 Å². The molecule has 2 rings (SSSR count). The Hall–Kier alpha value is 0.176. The van der Waals surface area contributed by atoms with E-state index < -0.39 is 0 Å². The van der Waals surface area contributed by atoms with Crippen LogP contribution in [0.4, 0.5) is 5.69 Å². The topological polar surface area (TPSA) is 72.4 Å². The molecule has 0 unspecified atom stereocenters. The van der Waals surface area contributed by atoms with Gasteiger partial charge in [0, 0.05) is 19.3 Å². The average Bonchev–Trinajstić information content (AvgIpc) is 2.30. The largest absolute Gasteiger partial charge is 1.00 e. The normalized spacial score (nSPS) is 14.6. The second kappa shape index (κ2) is 8.29. The van der Waals surface area contributed by atoms with Gasteiger partial charge in [0.2, 0.25) is 0 Å². The van der Waals surface area contributed by atoms with E-state index in [0.717, 1.165) is 18.8 Å². The van der Waals surface area contributed by atoms with Crippen molar-refractivity contribution in [3.05, 3.63) is 24.0 Å². The summed E-state index contributed by atoms with van der Waals surface area (Å²) < 4.78 is 5.24. The zero-order valence-electron chi connectivity index (χ0n) is 9.22. The van der Waals surface area contributed by atoms with E-state index in [0.29, 0.717) is 18.8 Å². The molecule has 0 saturated carbocycles. The third kappa shape index (κ3) is 3.88. The molecule has 0 amide bonds. The van der Waals surface area contributed by atoms with Crippen molar-refractivity contribution in [2.45, 2.75) is 0 Å². The van der Waals surface area contributed by atoms with Crippen molar-refractivity contribution in [2.24, 2.45) is 0 Å². The smallest absolute Gasteiger partial charge is 0.870 e. The minimum atomic E-state index is 0. The maximum absolute atomic E-state index is 10.6. The summed E-state index contributed by atoms with van der Waals surface area (Å²) in [5, 5.41) is 0. The summed E-state index contributed by atoms with van der Waals surface area (Å²) in [7, 11) is 0. The summed E-state index contributed by atoms with van der Waals surface area (Å²) >= 11 is 0. The quantitative estimate of drug-likeness (QED) is 0.417. The summed E-state index contributed by atoms with van der Waals surface area (Å²) in [4.78, 5) is 16.7. The molecule has 1 N–H and O–H groups in total. The van der Waals surface area contributed by atoms with Crippen LogP contribution in [0.1, 0.15) is 5.56 Å². The monoisotopic (exact) mass is 247 g/mol. The first-order valence-electron chi connectivity index (χ1n) is 4.56. The Bertz CT molecular complexity index is 330. The Morgan fingerprint density at radius 2 is 2.06 bits per heavy atom. The van der Waals surface area contributed by atoms with E-state index in [-0.39, 0.29) is 56.9 Å². The molecule has 5 nitrogen and oxygen atoms in total. The van der Waals surface area contributed by atoms with Crippen LogP contribution >= 0.6 is 0 Å². The van der Waals surface area contributed by atoms with Gasteiger partial charge in [-0.1, -0.05) is 18.0 Å². The first-order chi connectivity index (χ1) is 6.92. The van der Waals surface area contributed by atoms with Crippen molar-refractivity contribution in [3.63, 3.8) is 0 Å². The summed E-state index contributed by atoms with van der Waals surface area (Å²) in [6, 6.07) is 1.84. The molecule has 0 radical (unpaired) electrons. The Balaban J connectivity index is 0.00000112. The number of carbonyl (C=O) groups excluding carboxylic acids is 1. The van der Waals surface area contributed by atoms with E-state index in [4.69, 9.17) is 4.74 Å². The molecule has 1 aliphatic heterocycles. The fourth-order valence-corrected chi connectivity index (χ4v) is 1.55. The van der Waals surface area contributed by atoms with Crippen LogP contribution in [-0.4, -0.2) is 43.0 Å². The summed E-state index contributed by atoms with van der Waals surface area (Å²) in [5.41, 5.74) is 1.42. The molecule has 1 aromatic heterocycles. The van der Waals surface area contributed by atoms with Gasteiger partial charge >= 0.3 is 51.4 Å². The average molecular weight is 247 g/mol. The van der Waals surface area contributed by atoms with Gasteiger partial charge in [-0.3, -0.25) is 0 Å². The van der Waals surface area contributed by atoms with Crippen LogP contribution in [0.5, 0.6) is 0 Å². The fraction of sp³-hybridized carbons (Fsp3) is 0.400. The molecule has 1 saturated heterocycles. The van der Waals surface area contributed by atoms with Crippen LogP contribution in [0.2, 0.25) is 0 Å². The van der Waals surface area contributed by atoms with Crippen molar-refractivity contribution < 1.29 is 66.4 Å². The molecule has 82 valence electrons. The third-order valence-electron chi connectivity index (χ3n) is 2.26. The molecule has 2 heterocycles. The molecule has 0 aromatic carbocycles. The SMILES string of the molecule is O=[C-]c1cnccc1N1CCOCC1.[K+].[OH-]. The van der Waals surface area contributed by atoms with Gasteiger partial charge in [0.25, 0.3) is 0 Å². The Labute approximate surface area is 137 Å². The number of rotatable bonds is 2. The Kier molecular flexibility index (Phi) is 8.39. The van der Waals surface area contributed by atoms with Crippen molar-refractivity contribution in [2.75, 3.05) is 31.2 Å². The first kappa shape index (κ1) is 16.2. The molecule has 6 heteroatoms. The molecule has 1 fully saturated rings. The minimum Gasteiger partial charge on any atom is -0.870 e. The van der Waals surface area contributed by atoms with Gasteiger partial charge in [0.1, 0.15) is 0 Å². The number of nitrogens with zero attached hydrogens (tertiary/aromatic N) is 2. The summed E-state index contributed by atoms with van der Waals surface area (Å²) in [6.07, 6.45) is 5.12. The van der Waals surface area contributed by atoms with E-state index in [1.54, 1.807) is 6.20 Å². The molecule has 0 spiro atoms.